The molecule has 0 aromatic carbocycles. The van der Waals surface area contributed by atoms with Gasteiger partial charge in [0.25, 0.3) is 5.91 Å². The molecule has 6 nitrogen and oxygen atoms in total. The molecule has 0 saturated carbocycles. The lowest BCUT2D eigenvalue weighted by atomic mass is 9.95. The fourth-order valence-electron chi connectivity index (χ4n) is 2.14. The van der Waals surface area contributed by atoms with Crippen molar-refractivity contribution >= 4 is 11.7 Å². The molecule has 0 aliphatic carbocycles. The van der Waals surface area contributed by atoms with Crippen LogP contribution < -0.4 is 5.73 Å². The van der Waals surface area contributed by atoms with E-state index in [4.69, 9.17) is 10.5 Å². The Morgan fingerprint density at radius 1 is 1.71 bits per heavy atom. The van der Waals surface area contributed by atoms with Crippen LogP contribution in [-0.2, 0) is 4.74 Å². The van der Waals surface area contributed by atoms with Gasteiger partial charge < -0.3 is 15.4 Å². The van der Waals surface area contributed by atoms with E-state index in [1.54, 1.807) is 18.1 Å². The smallest absolute Gasteiger partial charge is 0.272 e. The summed E-state index contributed by atoms with van der Waals surface area (Å²) in [5, 5.41) is 6.40. The van der Waals surface area contributed by atoms with E-state index in [-0.39, 0.29) is 12.0 Å². The number of nitrogen functional groups attached to an aromatic ring is 1. The van der Waals surface area contributed by atoms with Gasteiger partial charge in [0.15, 0.2) is 0 Å². The highest BCUT2D eigenvalue weighted by atomic mass is 16.5. The zero-order chi connectivity index (χ0) is 12.4. The normalized spacial score (nSPS) is 24.9. The third-order valence-corrected chi connectivity index (χ3v) is 3.31. The molecule has 0 radical (unpaired) electrons. The molecule has 2 heterocycles. The largest absolute Gasteiger partial charge is 0.382 e. The molecule has 1 amide bonds. The number of anilines is 1. The Labute approximate surface area is 100 Å². The standard InChI is InChI=1S/C11H18N4O2/c1-7-3-4-15(6-9(7)17-2)11(16)8-5-10(12)14-13-8/h5,7,9H,3-4,6H2,1-2H3,(H3,12,13,14). The quantitative estimate of drug-likeness (QED) is 0.785. The van der Waals surface area contributed by atoms with Crippen molar-refractivity contribution in [3.05, 3.63) is 11.8 Å². The van der Waals surface area contributed by atoms with E-state index in [1.165, 1.54) is 0 Å². The maximum absolute atomic E-state index is 12.1. The van der Waals surface area contributed by atoms with Crippen LogP contribution in [0.25, 0.3) is 0 Å². The van der Waals surface area contributed by atoms with Crippen LogP contribution in [-0.4, -0.2) is 47.3 Å². The SMILES string of the molecule is COC1CN(C(=O)c2cc(N)n[nH]2)CCC1C. The average molecular weight is 238 g/mol. The molecule has 1 fully saturated rings. The van der Waals surface area contributed by atoms with E-state index in [9.17, 15) is 4.79 Å². The fourth-order valence-corrected chi connectivity index (χ4v) is 2.14. The summed E-state index contributed by atoms with van der Waals surface area (Å²) in [6.07, 6.45) is 1.06. The van der Waals surface area contributed by atoms with Crippen molar-refractivity contribution in [2.45, 2.75) is 19.4 Å². The third-order valence-electron chi connectivity index (χ3n) is 3.31. The van der Waals surface area contributed by atoms with Crippen molar-refractivity contribution in [2.24, 2.45) is 5.92 Å². The van der Waals surface area contributed by atoms with E-state index < -0.39 is 0 Å². The highest BCUT2D eigenvalue weighted by Gasteiger charge is 2.29. The lowest BCUT2D eigenvalue weighted by molar-refractivity contribution is -0.00177. The highest BCUT2D eigenvalue weighted by molar-refractivity contribution is 5.93. The van der Waals surface area contributed by atoms with Crippen LogP contribution in [0.3, 0.4) is 0 Å². The van der Waals surface area contributed by atoms with Crippen molar-refractivity contribution in [3.8, 4) is 0 Å². The van der Waals surface area contributed by atoms with Crippen LogP contribution in [0.4, 0.5) is 5.82 Å². The molecular formula is C11H18N4O2. The zero-order valence-electron chi connectivity index (χ0n) is 10.1. The van der Waals surface area contributed by atoms with Gasteiger partial charge >= 0.3 is 0 Å². The number of likely N-dealkylation sites (tertiary alicyclic amines) is 1. The Kier molecular flexibility index (Phi) is 3.33. The van der Waals surface area contributed by atoms with E-state index in [0.717, 1.165) is 13.0 Å². The molecule has 6 heteroatoms. The number of hydrogen-bond donors (Lipinski definition) is 2. The van der Waals surface area contributed by atoms with Crippen molar-refractivity contribution in [2.75, 3.05) is 25.9 Å². The van der Waals surface area contributed by atoms with Crippen LogP contribution in [0.2, 0.25) is 0 Å². The number of nitrogens with one attached hydrogen (secondary N) is 1. The Bertz CT molecular complexity index is 404. The second kappa shape index (κ2) is 4.75. The molecule has 0 spiro atoms. The molecule has 17 heavy (non-hydrogen) atoms. The number of carbonyl (C=O) groups is 1. The summed E-state index contributed by atoms with van der Waals surface area (Å²) in [4.78, 5) is 13.9. The first kappa shape index (κ1) is 11.9. The lowest BCUT2D eigenvalue weighted by Gasteiger charge is -2.35. The monoisotopic (exact) mass is 238 g/mol. The summed E-state index contributed by atoms with van der Waals surface area (Å²) >= 11 is 0. The highest BCUT2D eigenvalue weighted by Crippen LogP contribution is 2.20. The first-order chi connectivity index (χ1) is 8.11. The first-order valence-electron chi connectivity index (χ1n) is 5.74. The van der Waals surface area contributed by atoms with Crippen molar-refractivity contribution in [3.63, 3.8) is 0 Å². The molecule has 2 atom stereocenters. The summed E-state index contributed by atoms with van der Waals surface area (Å²) < 4.78 is 5.38. The van der Waals surface area contributed by atoms with Gasteiger partial charge in [0.05, 0.1) is 6.10 Å². The van der Waals surface area contributed by atoms with Gasteiger partial charge in [-0.25, -0.2) is 0 Å². The molecule has 3 N–H and O–H groups in total. The van der Waals surface area contributed by atoms with Crippen LogP contribution in [0.1, 0.15) is 23.8 Å². The van der Waals surface area contributed by atoms with E-state index >= 15 is 0 Å². The molecule has 2 rings (SSSR count). The zero-order valence-corrected chi connectivity index (χ0v) is 10.1. The average Bonchev–Trinajstić information content (AvgIpc) is 2.75. The number of hydrogen-bond acceptors (Lipinski definition) is 4. The van der Waals surface area contributed by atoms with Gasteiger partial charge in [-0.05, 0) is 12.3 Å². The first-order valence-corrected chi connectivity index (χ1v) is 5.74. The van der Waals surface area contributed by atoms with Crippen molar-refractivity contribution in [1.29, 1.82) is 0 Å². The molecule has 94 valence electrons. The van der Waals surface area contributed by atoms with Crippen LogP contribution in [0, 0.1) is 5.92 Å². The number of nitrogens with two attached hydrogens (primary N) is 1. The topological polar surface area (TPSA) is 84.2 Å². The van der Waals surface area contributed by atoms with Gasteiger partial charge in [0.2, 0.25) is 0 Å². The number of aromatic amines is 1. The minimum Gasteiger partial charge on any atom is -0.382 e. The molecule has 1 aromatic rings. The Hall–Kier alpha value is -1.56. The van der Waals surface area contributed by atoms with Gasteiger partial charge in [-0.15, -0.1) is 0 Å². The van der Waals surface area contributed by atoms with Gasteiger partial charge in [0.1, 0.15) is 11.5 Å². The molecule has 0 bridgehead atoms. The Morgan fingerprint density at radius 2 is 2.47 bits per heavy atom. The summed E-state index contributed by atoms with van der Waals surface area (Å²) in [6, 6.07) is 1.56. The molecule has 2 unspecified atom stereocenters. The summed E-state index contributed by atoms with van der Waals surface area (Å²) in [7, 11) is 1.68. The predicted molar refractivity (Wildman–Crippen MR) is 63.5 cm³/mol. The number of nitrogens with zero attached hydrogens (tertiary/aromatic N) is 2. The predicted octanol–water partition coefficient (Wildman–Crippen LogP) is 0.489. The van der Waals surface area contributed by atoms with E-state index in [2.05, 4.69) is 17.1 Å². The summed E-state index contributed by atoms with van der Waals surface area (Å²) in [6.45, 7) is 3.51. The second-order valence-electron chi connectivity index (χ2n) is 4.50. The van der Waals surface area contributed by atoms with Crippen molar-refractivity contribution in [1.82, 2.24) is 15.1 Å². The number of aromatic nitrogens is 2. The molecule has 1 aromatic heterocycles. The van der Waals surface area contributed by atoms with Gasteiger partial charge in [0, 0.05) is 26.3 Å². The number of rotatable bonds is 2. The summed E-state index contributed by atoms with van der Waals surface area (Å²) in [5.41, 5.74) is 5.92. The third kappa shape index (κ3) is 2.41. The Morgan fingerprint density at radius 3 is 3.06 bits per heavy atom. The van der Waals surface area contributed by atoms with E-state index in [1.807, 2.05) is 0 Å². The minimum absolute atomic E-state index is 0.0665. The minimum atomic E-state index is -0.0665. The second-order valence-corrected chi connectivity index (χ2v) is 4.50. The summed E-state index contributed by atoms with van der Waals surface area (Å²) in [5.74, 6) is 0.751. The maximum Gasteiger partial charge on any atom is 0.272 e. The van der Waals surface area contributed by atoms with Crippen LogP contribution in [0.5, 0.6) is 0 Å². The van der Waals surface area contributed by atoms with Gasteiger partial charge in [-0.1, -0.05) is 6.92 Å². The van der Waals surface area contributed by atoms with E-state index in [0.29, 0.717) is 24.0 Å². The number of amides is 1. The van der Waals surface area contributed by atoms with Crippen LogP contribution in [0.15, 0.2) is 6.07 Å². The lowest BCUT2D eigenvalue weighted by Crippen LogP contribution is -2.46. The fraction of sp³-hybridized carbons (Fsp3) is 0.636. The molecule has 1 saturated heterocycles. The van der Waals surface area contributed by atoms with Gasteiger partial charge in [-0.2, -0.15) is 5.10 Å². The molecule has 1 aliphatic heterocycles. The molecular weight excluding hydrogens is 220 g/mol. The van der Waals surface area contributed by atoms with Crippen molar-refractivity contribution < 1.29 is 9.53 Å². The number of carbonyl (C=O) groups excluding carboxylic acids is 1. The van der Waals surface area contributed by atoms with Gasteiger partial charge in [-0.3, -0.25) is 9.89 Å². The van der Waals surface area contributed by atoms with Crippen LogP contribution >= 0.6 is 0 Å². The number of methoxy groups -OCH3 is 1. The maximum atomic E-state index is 12.1. The Balaban J connectivity index is 2.05. The number of piperidine rings is 1. The molecule has 1 aliphatic rings. The number of H-pyrrole nitrogens is 1. The number of ether oxygens (including phenoxy) is 1.